The van der Waals surface area contributed by atoms with Crippen LogP contribution in [0.2, 0.25) is 0 Å². The third kappa shape index (κ3) is 4.97. The van der Waals surface area contributed by atoms with Crippen molar-refractivity contribution in [3.05, 3.63) is 58.5 Å². The molecule has 0 saturated heterocycles. The van der Waals surface area contributed by atoms with Crippen LogP contribution in [0.1, 0.15) is 17.6 Å². The molecule has 0 amide bonds. The summed E-state index contributed by atoms with van der Waals surface area (Å²) in [4.78, 5) is 5.87. The van der Waals surface area contributed by atoms with E-state index in [1.807, 2.05) is 30.3 Å². The highest BCUT2D eigenvalue weighted by Gasteiger charge is 2.03. The Labute approximate surface area is 157 Å². The van der Waals surface area contributed by atoms with E-state index in [1.165, 1.54) is 4.88 Å². The van der Waals surface area contributed by atoms with Crippen LogP contribution in [0.4, 0.5) is 0 Å². The number of thiophene rings is 1. The summed E-state index contributed by atoms with van der Waals surface area (Å²) in [6.07, 6.45) is 0. The molecular formula is C17H20IN3OS. The first kappa shape index (κ1) is 17.8. The number of halogens is 1. The number of hydrogen-bond acceptors (Lipinski definition) is 3. The molecule has 23 heavy (non-hydrogen) atoms. The monoisotopic (exact) mass is 441 g/mol. The molecule has 2 aromatic heterocycles. The molecule has 2 heterocycles. The van der Waals surface area contributed by atoms with E-state index in [4.69, 9.17) is 4.42 Å². The maximum absolute atomic E-state index is 5.79. The quantitative estimate of drug-likeness (QED) is 0.351. The predicted octanol–water partition coefficient (Wildman–Crippen LogP) is 4.37. The van der Waals surface area contributed by atoms with Gasteiger partial charge in [0.2, 0.25) is 0 Å². The number of nitrogens with zero attached hydrogens (tertiary/aromatic N) is 1. The van der Waals surface area contributed by atoms with Crippen molar-refractivity contribution in [3.63, 3.8) is 0 Å². The molecule has 3 rings (SSSR count). The maximum atomic E-state index is 5.79. The van der Waals surface area contributed by atoms with Gasteiger partial charge in [0.05, 0.1) is 6.54 Å². The SMILES string of the molecule is CCNC(=NCc1cc2ccccc2o1)NCc1cccs1.I. The van der Waals surface area contributed by atoms with Crippen LogP contribution < -0.4 is 10.6 Å². The molecule has 0 atom stereocenters. The van der Waals surface area contributed by atoms with Crippen molar-refractivity contribution >= 4 is 52.2 Å². The fraction of sp³-hybridized carbons (Fsp3) is 0.235. The normalized spacial score (nSPS) is 11.3. The van der Waals surface area contributed by atoms with Crippen LogP contribution in [0.15, 0.2) is 57.3 Å². The number of fused-ring (bicyclic) bond motifs is 1. The van der Waals surface area contributed by atoms with Crippen molar-refractivity contribution in [2.75, 3.05) is 6.54 Å². The minimum Gasteiger partial charge on any atom is -0.459 e. The number of hydrogen-bond donors (Lipinski definition) is 2. The zero-order valence-corrected chi connectivity index (χ0v) is 16.1. The first-order chi connectivity index (χ1) is 10.8. The molecule has 2 N–H and O–H groups in total. The highest BCUT2D eigenvalue weighted by Crippen LogP contribution is 2.19. The van der Waals surface area contributed by atoms with Crippen molar-refractivity contribution in [1.82, 2.24) is 10.6 Å². The molecule has 0 bridgehead atoms. The summed E-state index contributed by atoms with van der Waals surface area (Å²) < 4.78 is 5.79. The number of benzene rings is 1. The van der Waals surface area contributed by atoms with E-state index < -0.39 is 0 Å². The Morgan fingerprint density at radius 1 is 1.17 bits per heavy atom. The van der Waals surface area contributed by atoms with Crippen LogP contribution in [-0.2, 0) is 13.1 Å². The third-order valence-electron chi connectivity index (χ3n) is 3.22. The van der Waals surface area contributed by atoms with Crippen LogP contribution in [0.3, 0.4) is 0 Å². The minimum atomic E-state index is 0. The van der Waals surface area contributed by atoms with Gasteiger partial charge in [0, 0.05) is 16.8 Å². The van der Waals surface area contributed by atoms with Gasteiger partial charge in [-0.15, -0.1) is 35.3 Å². The van der Waals surface area contributed by atoms with Gasteiger partial charge in [0.1, 0.15) is 17.9 Å². The second-order valence-electron chi connectivity index (χ2n) is 4.88. The van der Waals surface area contributed by atoms with Crippen molar-refractivity contribution in [1.29, 1.82) is 0 Å². The van der Waals surface area contributed by atoms with E-state index in [0.717, 1.165) is 35.8 Å². The summed E-state index contributed by atoms with van der Waals surface area (Å²) in [6, 6.07) is 14.2. The van der Waals surface area contributed by atoms with E-state index in [2.05, 4.69) is 40.1 Å². The summed E-state index contributed by atoms with van der Waals surface area (Å²) in [5, 5.41) is 9.78. The molecule has 0 unspecified atom stereocenters. The Morgan fingerprint density at radius 3 is 2.78 bits per heavy atom. The molecule has 1 aromatic carbocycles. The average Bonchev–Trinajstić information content (AvgIpc) is 3.18. The first-order valence-corrected chi connectivity index (χ1v) is 8.25. The Kier molecular flexibility index (Phi) is 6.91. The molecule has 0 aliphatic carbocycles. The molecule has 0 spiro atoms. The summed E-state index contributed by atoms with van der Waals surface area (Å²) >= 11 is 1.74. The summed E-state index contributed by atoms with van der Waals surface area (Å²) in [7, 11) is 0. The van der Waals surface area contributed by atoms with E-state index in [9.17, 15) is 0 Å². The first-order valence-electron chi connectivity index (χ1n) is 7.37. The topological polar surface area (TPSA) is 49.6 Å². The van der Waals surface area contributed by atoms with E-state index in [-0.39, 0.29) is 24.0 Å². The van der Waals surface area contributed by atoms with Gasteiger partial charge in [-0.2, -0.15) is 0 Å². The van der Waals surface area contributed by atoms with Gasteiger partial charge in [-0.25, -0.2) is 4.99 Å². The lowest BCUT2D eigenvalue weighted by Gasteiger charge is -2.09. The number of rotatable bonds is 5. The van der Waals surface area contributed by atoms with Gasteiger partial charge >= 0.3 is 0 Å². The lowest BCUT2D eigenvalue weighted by molar-refractivity contribution is 0.551. The van der Waals surface area contributed by atoms with Gasteiger partial charge in [0.15, 0.2) is 5.96 Å². The highest BCUT2D eigenvalue weighted by atomic mass is 127. The molecule has 6 heteroatoms. The van der Waals surface area contributed by atoms with Gasteiger partial charge in [0.25, 0.3) is 0 Å². The van der Waals surface area contributed by atoms with Crippen LogP contribution >= 0.6 is 35.3 Å². The molecule has 4 nitrogen and oxygen atoms in total. The van der Waals surface area contributed by atoms with Crippen LogP contribution in [0.25, 0.3) is 11.0 Å². The molecule has 0 radical (unpaired) electrons. The second-order valence-corrected chi connectivity index (χ2v) is 5.91. The van der Waals surface area contributed by atoms with Gasteiger partial charge in [-0.05, 0) is 30.5 Å². The zero-order valence-electron chi connectivity index (χ0n) is 12.9. The van der Waals surface area contributed by atoms with Crippen LogP contribution in [0.5, 0.6) is 0 Å². The van der Waals surface area contributed by atoms with Crippen molar-refractivity contribution in [2.45, 2.75) is 20.0 Å². The fourth-order valence-corrected chi connectivity index (χ4v) is 2.84. The average molecular weight is 441 g/mol. The number of guanidine groups is 1. The Bertz CT molecular complexity index is 719. The Balaban J connectivity index is 0.00000192. The fourth-order valence-electron chi connectivity index (χ4n) is 2.20. The summed E-state index contributed by atoms with van der Waals surface area (Å²) in [5.74, 6) is 1.67. The number of aliphatic imine (C=N–C) groups is 1. The summed E-state index contributed by atoms with van der Waals surface area (Å²) in [6.45, 7) is 4.19. The third-order valence-corrected chi connectivity index (χ3v) is 4.10. The molecular weight excluding hydrogens is 421 g/mol. The van der Waals surface area contributed by atoms with E-state index in [1.54, 1.807) is 11.3 Å². The molecule has 0 saturated carbocycles. The number of nitrogens with one attached hydrogen (secondary N) is 2. The van der Waals surface area contributed by atoms with Gasteiger partial charge < -0.3 is 15.1 Å². The summed E-state index contributed by atoms with van der Waals surface area (Å²) in [5.41, 5.74) is 0.907. The Morgan fingerprint density at radius 2 is 2.04 bits per heavy atom. The molecule has 0 aliphatic heterocycles. The van der Waals surface area contributed by atoms with Gasteiger partial charge in [-0.1, -0.05) is 24.3 Å². The van der Waals surface area contributed by atoms with Crippen LogP contribution in [-0.4, -0.2) is 12.5 Å². The molecule has 3 aromatic rings. The van der Waals surface area contributed by atoms with Crippen molar-refractivity contribution < 1.29 is 4.42 Å². The Hall–Kier alpha value is -1.54. The smallest absolute Gasteiger partial charge is 0.191 e. The highest BCUT2D eigenvalue weighted by molar-refractivity contribution is 14.0. The standard InChI is InChI=1S/C17H19N3OS.HI/c1-2-18-17(20-12-15-7-5-9-22-15)19-11-14-10-13-6-3-4-8-16(13)21-14;/h3-10H,2,11-12H2,1H3,(H2,18,19,20);1H. The second kappa shape index (κ2) is 8.93. The molecule has 0 fully saturated rings. The largest absolute Gasteiger partial charge is 0.459 e. The lowest BCUT2D eigenvalue weighted by atomic mass is 10.2. The maximum Gasteiger partial charge on any atom is 0.191 e. The molecule has 0 aliphatic rings. The van der Waals surface area contributed by atoms with E-state index >= 15 is 0 Å². The predicted molar refractivity (Wildman–Crippen MR) is 108 cm³/mol. The minimum absolute atomic E-state index is 0. The van der Waals surface area contributed by atoms with Gasteiger partial charge in [-0.3, -0.25) is 0 Å². The lowest BCUT2D eigenvalue weighted by Crippen LogP contribution is -2.36. The van der Waals surface area contributed by atoms with Crippen molar-refractivity contribution in [3.8, 4) is 0 Å². The zero-order chi connectivity index (χ0) is 15.2. The number of furan rings is 1. The van der Waals surface area contributed by atoms with E-state index in [0.29, 0.717) is 6.54 Å². The van der Waals surface area contributed by atoms with Crippen LogP contribution in [0, 0.1) is 0 Å². The van der Waals surface area contributed by atoms with Crippen molar-refractivity contribution in [2.24, 2.45) is 4.99 Å². The molecule has 122 valence electrons. The number of para-hydroxylation sites is 1.